The molecule has 8 heteroatoms. The molecule has 0 unspecified atom stereocenters. The summed E-state index contributed by atoms with van der Waals surface area (Å²) >= 11 is 2.80. The predicted octanol–water partition coefficient (Wildman–Crippen LogP) is 3.46. The van der Waals surface area contributed by atoms with Gasteiger partial charge in [0.05, 0.1) is 10.6 Å². The molecule has 6 nitrogen and oxygen atoms in total. The van der Waals surface area contributed by atoms with Crippen molar-refractivity contribution in [2.75, 3.05) is 30.0 Å². The van der Waals surface area contributed by atoms with Gasteiger partial charge in [0.25, 0.3) is 0 Å². The van der Waals surface area contributed by atoms with Crippen LogP contribution in [-0.2, 0) is 4.79 Å². The van der Waals surface area contributed by atoms with Gasteiger partial charge in [-0.1, -0.05) is 11.8 Å². The molecule has 0 saturated heterocycles. The van der Waals surface area contributed by atoms with E-state index in [1.165, 1.54) is 23.1 Å². The topological polar surface area (TPSA) is 84.1 Å². The first kappa shape index (κ1) is 17.5. The fraction of sp³-hybridized carbons (Fsp3) is 0.235. The minimum absolute atomic E-state index is 0.101. The summed E-state index contributed by atoms with van der Waals surface area (Å²) in [6.45, 7) is 1.83. The van der Waals surface area contributed by atoms with Crippen molar-refractivity contribution in [3.8, 4) is 0 Å². The van der Waals surface area contributed by atoms with E-state index in [4.69, 9.17) is 5.73 Å². The molecule has 3 rings (SSSR count). The number of benzene rings is 1. The van der Waals surface area contributed by atoms with Gasteiger partial charge >= 0.3 is 0 Å². The first-order valence-electron chi connectivity index (χ1n) is 7.69. The standard InChI is InChI=1S/C17H19N5OS2/c1-10(15(23)19-11-4-6-12(7-5-11)22(2)3)25-17-20-14(18)13-8-9-24-16(13)21-17/h4-10H,1-3H3,(H,19,23)(H2,18,20,21)/t10-/m1/s1. The van der Waals surface area contributed by atoms with E-state index in [9.17, 15) is 4.79 Å². The number of thiophene rings is 1. The number of amides is 1. The number of nitrogens with two attached hydrogens (primary N) is 1. The number of nitrogens with zero attached hydrogens (tertiary/aromatic N) is 3. The first-order chi connectivity index (χ1) is 11.9. The third-order valence-corrected chi connectivity index (χ3v) is 5.40. The van der Waals surface area contributed by atoms with E-state index in [0.29, 0.717) is 11.0 Å². The Balaban J connectivity index is 1.67. The van der Waals surface area contributed by atoms with E-state index in [-0.39, 0.29) is 11.2 Å². The van der Waals surface area contributed by atoms with Crippen LogP contribution in [0.3, 0.4) is 0 Å². The summed E-state index contributed by atoms with van der Waals surface area (Å²) in [5.74, 6) is 0.344. The van der Waals surface area contributed by atoms with Crippen molar-refractivity contribution in [2.24, 2.45) is 0 Å². The Morgan fingerprint density at radius 3 is 2.64 bits per heavy atom. The molecule has 3 aromatic rings. The van der Waals surface area contributed by atoms with Gasteiger partial charge in [-0.2, -0.15) is 0 Å². The molecule has 0 aliphatic carbocycles. The zero-order valence-corrected chi connectivity index (χ0v) is 15.8. The fourth-order valence-electron chi connectivity index (χ4n) is 2.21. The first-order valence-corrected chi connectivity index (χ1v) is 9.45. The Bertz CT molecular complexity index is 892. The zero-order valence-electron chi connectivity index (χ0n) is 14.2. The second-order valence-corrected chi connectivity index (χ2v) is 7.92. The summed E-state index contributed by atoms with van der Waals surface area (Å²) in [5, 5.41) is 5.86. The number of anilines is 3. The van der Waals surface area contributed by atoms with Gasteiger partial charge in [0.15, 0.2) is 5.16 Å². The maximum atomic E-state index is 12.4. The molecule has 0 saturated carbocycles. The molecule has 0 spiro atoms. The Hall–Kier alpha value is -2.32. The quantitative estimate of drug-likeness (QED) is 0.526. The molecule has 3 N–H and O–H groups in total. The van der Waals surface area contributed by atoms with Gasteiger partial charge in [0.2, 0.25) is 5.91 Å². The molecule has 0 fully saturated rings. The lowest BCUT2D eigenvalue weighted by Gasteiger charge is -2.14. The number of fused-ring (bicyclic) bond motifs is 1. The number of hydrogen-bond donors (Lipinski definition) is 2. The van der Waals surface area contributed by atoms with Crippen LogP contribution >= 0.6 is 23.1 Å². The molecule has 25 heavy (non-hydrogen) atoms. The molecule has 0 aliphatic rings. The summed E-state index contributed by atoms with van der Waals surface area (Å²) in [6, 6.07) is 9.59. The molecular weight excluding hydrogens is 354 g/mol. The minimum Gasteiger partial charge on any atom is -0.383 e. The normalized spacial score (nSPS) is 12.1. The lowest BCUT2D eigenvalue weighted by atomic mass is 10.2. The molecule has 2 aromatic heterocycles. The number of hydrogen-bond acceptors (Lipinski definition) is 7. The van der Waals surface area contributed by atoms with Crippen molar-refractivity contribution >= 4 is 56.4 Å². The molecule has 2 heterocycles. The van der Waals surface area contributed by atoms with Crippen LogP contribution in [0, 0.1) is 0 Å². The SMILES string of the molecule is C[C@@H](Sc1nc(N)c2ccsc2n1)C(=O)Nc1ccc(N(C)C)cc1. The van der Waals surface area contributed by atoms with Crippen LogP contribution < -0.4 is 16.0 Å². The zero-order chi connectivity index (χ0) is 18.0. The van der Waals surface area contributed by atoms with E-state index >= 15 is 0 Å². The van der Waals surface area contributed by atoms with E-state index in [0.717, 1.165) is 21.6 Å². The molecule has 0 aliphatic heterocycles. The van der Waals surface area contributed by atoms with Crippen molar-refractivity contribution in [2.45, 2.75) is 17.3 Å². The average molecular weight is 374 g/mol. The van der Waals surface area contributed by atoms with E-state index in [2.05, 4.69) is 15.3 Å². The molecular formula is C17H19N5OS2. The number of nitrogen functional groups attached to an aromatic ring is 1. The minimum atomic E-state index is -0.342. The third kappa shape index (κ3) is 4.02. The Morgan fingerprint density at radius 1 is 1.24 bits per heavy atom. The Kier molecular flexibility index (Phi) is 5.10. The summed E-state index contributed by atoms with van der Waals surface area (Å²) in [7, 11) is 3.95. The Morgan fingerprint density at radius 2 is 1.96 bits per heavy atom. The van der Waals surface area contributed by atoms with Crippen LogP contribution in [0.5, 0.6) is 0 Å². The largest absolute Gasteiger partial charge is 0.383 e. The summed E-state index contributed by atoms with van der Waals surface area (Å²) in [6.07, 6.45) is 0. The Labute approximate surface area is 154 Å². The van der Waals surface area contributed by atoms with Gasteiger partial charge < -0.3 is 16.0 Å². The van der Waals surface area contributed by atoms with Gasteiger partial charge in [-0.05, 0) is 42.6 Å². The van der Waals surface area contributed by atoms with Crippen molar-refractivity contribution in [1.82, 2.24) is 9.97 Å². The van der Waals surface area contributed by atoms with Crippen LogP contribution in [0.2, 0.25) is 0 Å². The van der Waals surface area contributed by atoms with Crippen molar-refractivity contribution < 1.29 is 4.79 Å². The number of carbonyl (C=O) groups is 1. The molecule has 1 amide bonds. The van der Waals surface area contributed by atoms with E-state index in [1.807, 2.05) is 61.6 Å². The number of carbonyl (C=O) groups excluding carboxylic acids is 1. The number of nitrogens with one attached hydrogen (secondary N) is 1. The smallest absolute Gasteiger partial charge is 0.237 e. The van der Waals surface area contributed by atoms with Gasteiger partial charge in [0.1, 0.15) is 10.6 Å². The van der Waals surface area contributed by atoms with Crippen LogP contribution in [-0.4, -0.2) is 35.2 Å². The van der Waals surface area contributed by atoms with Gasteiger partial charge in [-0.3, -0.25) is 4.79 Å². The van der Waals surface area contributed by atoms with Crippen LogP contribution in [0.15, 0.2) is 40.9 Å². The van der Waals surface area contributed by atoms with Crippen LogP contribution in [0.25, 0.3) is 10.2 Å². The molecule has 1 aromatic carbocycles. The lowest BCUT2D eigenvalue weighted by Crippen LogP contribution is -2.22. The summed E-state index contributed by atoms with van der Waals surface area (Å²) in [4.78, 5) is 24.0. The average Bonchev–Trinajstić information content (AvgIpc) is 3.04. The predicted molar refractivity (Wildman–Crippen MR) is 107 cm³/mol. The second kappa shape index (κ2) is 7.28. The number of aromatic nitrogens is 2. The summed E-state index contributed by atoms with van der Waals surface area (Å²) in [5.41, 5.74) is 7.79. The van der Waals surface area contributed by atoms with Gasteiger partial charge in [-0.25, -0.2) is 9.97 Å². The van der Waals surface area contributed by atoms with Crippen LogP contribution in [0.1, 0.15) is 6.92 Å². The van der Waals surface area contributed by atoms with Crippen molar-refractivity contribution in [3.05, 3.63) is 35.7 Å². The number of thioether (sulfide) groups is 1. The number of rotatable bonds is 5. The van der Waals surface area contributed by atoms with Gasteiger partial charge in [-0.15, -0.1) is 11.3 Å². The highest BCUT2D eigenvalue weighted by molar-refractivity contribution is 8.00. The molecule has 0 bridgehead atoms. The van der Waals surface area contributed by atoms with Gasteiger partial charge in [0, 0.05) is 25.5 Å². The van der Waals surface area contributed by atoms with Crippen molar-refractivity contribution in [3.63, 3.8) is 0 Å². The monoisotopic (exact) mass is 373 g/mol. The highest BCUT2D eigenvalue weighted by Crippen LogP contribution is 2.28. The molecule has 1 atom stereocenters. The maximum absolute atomic E-state index is 12.4. The third-order valence-electron chi connectivity index (χ3n) is 3.64. The van der Waals surface area contributed by atoms with E-state index < -0.39 is 0 Å². The van der Waals surface area contributed by atoms with E-state index in [1.54, 1.807) is 0 Å². The second-order valence-electron chi connectivity index (χ2n) is 5.72. The molecule has 130 valence electrons. The molecule has 0 radical (unpaired) electrons. The highest BCUT2D eigenvalue weighted by atomic mass is 32.2. The fourth-order valence-corrected chi connectivity index (χ4v) is 3.82. The summed E-state index contributed by atoms with van der Waals surface area (Å²) < 4.78 is 0. The maximum Gasteiger partial charge on any atom is 0.237 e. The highest BCUT2D eigenvalue weighted by Gasteiger charge is 2.17. The lowest BCUT2D eigenvalue weighted by molar-refractivity contribution is -0.115. The van der Waals surface area contributed by atoms with Crippen molar-refractivity contribution in [1.29, 1.82) is 0 Å². The van der Waals surface area contributed by atoms with Crippen LogP contribution in [0.4, 0.5) is 17.2 Å².